The van der Waals surface area contributed by atoms with Crippen molar-refractivity contribution in [3.05, 3.63) is 28.7 Å². The standard InChI is InChI=1S/C12H15BrN2O3S/c1-19-7-6-10(11(16)17)15-12(18)14-9-5-3-2-4-8(9)13/h2-5,10H,6-7H2,1H3,(H,16,17)(H2,14,15,18)/t10-/m0/s1. The number of hydrogen-bond acceptors (Lipinski definition) is 3. The van der Waals surface area contributed by atoms with E-state index in [2.05, 4.69) is 26.6 Å². The molecule has 0 fully saturated rings. The number of urea groups is 1. The average molecular weight is 347 g/mol. The van der Waals surface area contributed by atoms with Crippen LogP contribution in [0.25, 0.3) is 0 Å². The quantitative estimate of drug-likeness (QED) is 0.739. The first kappa shape index (κ1) is 15.8. The first-order valence-corrected chi connectivity index (χ1v) is 7.77. The van der Waals surface area contributed by atoms with Gasteiger partial charge in [0.15, 0.2) is 0 Å². The molecule has 0 radical (unpaired) electrons. The number of aliphatic carboxylic acids is 1. The van der Waals surface area contributed by atoms with E-state index in [-0.39, 0.29) is 0 Å². The summed E-state index contributed by atoms with van der Waals surface area (Å²) in [6.45, 7) is 0. The van der Waals surface area contributed by atoms with Crippen LogP contribution in [0.5, 0.6) is 0 Å². The zero-order chi connectivity index (χ0) is 14.3. The van der Waals surface area contributed by atoms with Gasteiger partial charge in [-0.05, 0) is 46.5 Å². The molecule has 0 spiro atoms. The number of hydrogen-bond donors (Lipinski definition) is 3. The van der Waals surface area contributed by atoms with Crippen LogP contribution >= 0.6 is 27.7 Å². The largest absolute Gasteiger partial charge is 0.480 e. The number of anilines is 1. The normalized spacial score (nSPS) is 11.7. The maximum Gasteiger partial charge on any atom is 0.326 e. The van der Waals surface area contributed by atoms with E-state index < -0.39 is 18.0 Å². The molecule has 104 valence electrons. The van der Waals surface area contributed by atoms with Crippen LogP contribution in [-0.4, -0.2) is 35.2 Å². The first-order chi connectivity index (χ1) is 9.04. The Labute approximate surface area is 124 Å². The van der Waals surface area contributed by atoms with E-state index in [9.17, 15) is 9.59 Å². The zero-order valence-corrected chi connectivity index (χ0v) is 12.8. The van der Waals surface area contributed by atoms with Gasteiger partial charge in [0.05, 0.1) is 5.69 Å². The third-order valence-electron chi connectivity index (χ3n) is 2.34. The van der Waals surface area contributed by atoms with E-state index in [1.807, 2.05) is 12.3 Å². The van der Waals surface area contributed by atoms with Crippen LogP contribution in [0.3, 0.4) is 0 Å². The van der Waals surface area contributed by atoms with Crippen molar-refractivity contribution in [2.75, 3.05) is 17.3 Å². The van der Waals surface area contributed by atoms with Crippen molar-refractivity contribution in [2.24, 2.45) is 0 Å². The fourth-order valence-corrected chi connectivity index (χ4v) is 2.23. The Kier molecular flexibility index (Phi) is 6.72. The molecule has 1 atom stereocenters. The van der Waals surface area contributed by atoms with Gasteiger partial charge in [0.1, 0.15) is 6.04 Å². The molecule has 0 unspecified atom stereocenters. The molecule has 0 aliphatic rings. The van der Waals surface area contributed by atoms with Gasteiger partial charge < -0.3 is 15.7 Å². The Balaban J connectivity index is 2.58. The summed E-state index contributed by atoms with van der Waals surface area (Å²) >= 11 is 4.84. The molecule has 19 heavy (non-hydrogen) atoms. The highest BCUT2D eigenvalue weighted by atomic mass is 79.9. The lowest BCUT2D eigenvalue weighted by molar-refractivity contribution is -0.139. The lowest BCUT2D eigenvalue weighted by Crippen LogP contribution is -2.43. The molecule has 7 heteroatoms. The fraction of sp³-hybridized carbons (Fsp3) is 0.333. The lowest BCUT2D eigenvalue weighted by atomic mass is 10.2. The molecule has 0 bridgehead atoms. The molecule has 5 nitrogen and oxygen atoms in total. The minimum atomic E-state index is -1.03. The summed E-state index contributed by atoms with van der Waals surface area (Å²) < 4.78 is 0.737. The number of amides is 2. The molecule has 2 amide bonds. The molecule has 1 aromatic rings. The van der Waals surface area contributed by atoms with Gasteiger partial charge in [0.2, 0.25) is 0 Å². The van der Waals surface area contributed by atoms with Crippen LogP contribution in [0.15, 0.2) is 28.7 Å². The van der Waals surface area contributed by atoms with Gasteiger partial charge in [-0.3, -0.25) is 0 Å². The number of rotatable bonds is 6. The minimum absolute atomic E-state index is 0.389. The highest BCUT2D eigenvalue weighted by Gasteiger charge is 2.19. The van der Waals surface area contributed by atoms with Crippen molar-refractivity contribution >= 4 is 45.4 Å². The monoisotopic (exact) mass is 346 g/mol. The third-order valence-corrected chi connectivity index (χ3v) is 3.67. The molecule has 0 aliphatic heterocycles. The molecule has 0 saturated carbocycles. The highest BCUT2D eigenvalue weighted by Crippen LogP contribution is 2.20. The topological polar surface area (TPSA) is 78.4 Å². The molecular weight excluding hydrogens is 332 g/mol. The zero-order valence-electron chi connectivity index (χ0n) is 10.4. The molecule has 0 saturated heterocycles. The number of para-hydroxylation sites is 1. The van der Waals surface area contributed by atoms with E-state index in [1.165, 1.54) is 11.8 Å². The molecule has 1 aromatic carbocycles. The SMILES string of the molecule is CSCC[C@H](NC(=O)Nc1ccccc1Br)C(=O)O. The van der Waals surface area contributed by atoms with E-state index in [4.69, 9.17) is 5.11 Å². The van der Waals surface area contributed by atoms with Crippen LogP contribution in [0.4, 0.5) is 10.5 Å². The van der Waals surface area contributed by atoms with Crippen molar-refractivity contribution in [3.8, 4) is 0 Å². The number of benzene rings is 1. The second-order valence-electron chi connectivity index (χ2n) is 3.75. The summed E-state index contributed by atoms with van der Waals surface area (Å²) in [7, 11) is 0. The number of halogens is 1. The first-order valence-electron chi connectivity index (χ1n) is 5.58. The van der Waals surface area contributed by atoms with E-state index >= 15 is 0 Å². The number of carboxylic acids is 1. The van der Waals surface area contributed by atoms with E-state index in [0.29, 0.717) is 17.9 Å². The van der Waals surface area contributed by atoms with Crippen molar-refractivity contribution in [3.63, 3.8) is 0 Å². The summed E-state index contributed by atoms with van der Waals surface area (Å²) in [5, 5.41) is 14.1. The van der Waals surface area contributed by atoms with Crippen LogP contribution in [0.1, 0.15) is 6.42 Å². The van der Waals surface area contributed by atoms with Crippen molar-refractivity contribution < 1.29 is 14.7 Å². The Morgan fingerprint density at radius 2 is 2.11 bits per heavy atom. The smallest absolute Gasteiger partial charge is 0.326 e. The summed E-state index contributed by atoms with van der Waals surface area (Å²) in [5.74, 6) is -0.358. The summed E-state index contributed by atoms with van der Waals surface area (Å²) in [6.07, 6.45) is 2.28. The molecular formula is C12H15BrN2O3S. The maximum atomic E-state index is 11.7. The van der Waals surface area contributed by atoms with E-state index in [1.54, 1.807) is 18.2 Å². The second-order valence-corrected chi connectivity index (χ2v) is 5.59. The number of carboxylic acid groups (broad SMARTS) is 1. The Morgan fingerprint density at radius 3 is 2.68 bits per heavy atom. The van der Waals surface area contributed by atoms with Crippen LogP contribution < -0.4 is 10.6 Å². The van der Waals surface area contributed by atoms with Gasteiger partial charge in [-0.2, -0.15) is 11.8 Å². The average Bonchev–Trinajstić information content (AvgIpc) is 2.37. The van der Waals surface area contributed by atoms with Gasteiger partial charge >= 0.3 is 12.0 Å². The molecule has 0 heterocycles. The number of carbonyl (C=O) groups is 2. The molecule has 0 aromatic heterocycles. The molecule has 0 aliphatic carbocycles. The van der Waals surface area contributed by atoms with E-state index in [0.717, 1.165) is 4.47 Å². The van der Waals surface area contributed by atoms with Crippen LogP contribution in [0, 0.1) is 0 Å². The lowest BCUT2D eigenvalue weighted by Gasteiger charge is -2.15. The van der Waals surface area contributed by atoms with Gasteiger partial charge in [-0.15, -0.1) is 0 Å². The van der Waals surface area contributed by atoms with Gasteiger partial charge in [0.25, 0.3) is 0 Å². The predicted molar refractivity (Wildman–Crippen MR) is 80.7 cm³/mol. The minimum Gasteiger partial charge on any atom is -0.480 e. The fourth-order valence-electron chi connectivity index (χ4n) is 1.37. The Morgan fingerprint density at radius 1 is 1.42 bits per heavy atom. The number of thioether (sulfide) groups is 1. The molecule has 1 rings (SSSR count). The number of nitrogens with one attached hydrogen (secondary N) is 2. The summed E-state index contributed by atoms with van der Waals surface area (Å²) in [6, 6.07) is 5.71. The summed E-state index contributed by atoms with van der Waals surface area (Å²) in [5.41, 5.74) is 0.592. The third kappa shape index (κ3) is 5.52. The summed E-state index contributed by atoms with van der Waals surface area (Å²) in [4.78, 5) is 22.7. The van der Waals surface area contributed by atoms with Crippen molar-refractivity contribution in [1.82, 2.24) is 5.32 Å². The highest BCUT2D eigenvalue weighted by molar-refractivity contribution is 9.10. The Bertz CT molecular complexity index is 456. The van der Waals surface area contributed by atoms with Crippen molar-refractivity contribution in [2.45, 2.75) is 12.5 Å². The maximum absolute atomic E-state index is 11.7. The van der Waals surface area contributed by atoms with Crippen molar-refractivity contribution in [1.29, 1.82) is 0 Å². The van der Waals surface area contributed by atoms with Gasteiger partial charge in [-0.25, -0.2) is 9.59 Å². The number of carbonyl (C=O) groups excluding carboxylic acids is 1. The van der Waals surface area contributed by atoms with Gasteiger partial charge in [0, 0.05) is 4.47 Å². The predicted octanol–water partition coefficient (Wildman–Crippen LogP) is 2.78. The van der Waals surface area contributed by atoms with Gasteiger partial charge in [-0.1, -0.05) is 12.1 Å². The second kappa shape index (κ2) is 8.06. The molecule has 3 N–H and O–H groups in total. The Hall–Kier alpha value is -1.21. The van der Waals surface area contributed by atoms with Crippen LogP contribution in [0.2, 0.25) is 0 Å². The van der Waals surface area contributed by atoms with Crippen LogP contribution in [-0.2, 0) is 4.79 Å².